The molecule has 4 aromatic heterocycles. The molecule has 8 aromatic carbocycles. The molecule has 79 heavy (non-hydrogen) atoms. The lowest BCUT2D eigenvalue weighted by atomic mass is 9.53. The summed E-state index contributed by atoms with van der Waals surface area (Å²) in [5.74, 6) is 0.882. The van der Waals surface area contributed by atoms with Crippen LogP contribution in [0.2, 0.25) is 0 Å². The van der Waals surface area contributed by atoms with Crippen molar-refractivity contribution in [3.8, 4) is 67.5 Å². The van der Waals surface area contributed by atoms with Gasteiger partial charge < -0.3 is 4.42 Å². The first-order chi connectivity index (χ1) is 38.8. The van der Waals surface area contributed by atoms with Gasteiger partial charge in [0.1, 0.15) is 5.76 Å². The summed E-state index contributed by atoms with van der Waals surface area (Å²) in [5.41, 5.74) is 27.1. The first-order valence-electron chi connectivity index (χ1n) is 27.6. The standard InChI is InChI=1S/C75H53N3O/c1-72(2)59-25-10-12-27-62(59)74(64-37-34-49(43-65(64)72)71-31-18-40-79-71)57-24-9-6-21-53(57)54-41-47(32-35-58(54)74)46-73(3)60-26-11-13-28-63(60)75(55-22-7-4-19-51(55)52-20-5-8-23-56(52)75)66-42-48(33-36-61(66)73)50-44-69(67-29-14-16-38-76-67)78-70(45-50)68-30-15-17-39-77-68/h4-45H,46H2,1-3H3. The van der Waals surface area contributed by atoms with Crippen LogP contribution in [0.25, 0.3) is 67.5 Å². The van der Waals surface area contributed by atoms with Gasteiger partial charge in [-0.25, -0.2) is 4.98 Å². The Bertz CT molecular complexity index is 4360. The second kappa shape index (κ2) is 16.7. The zero-order valence-electron chi connectivity index (χ0n) is 44.2. The van der Waals surface area contributed by atoms with Crippen molar-refractivity contribution in [3.05, 3.63) is 328 Å². The van der Waals surface area contributed by atoms with Gasteiger partial charge in [-0.2, -0.15) is 0 Å². The van der Waals surface area contributed by atoms with Gasteiger partial charge in [0.2, 0.25) is 0 Å². The highest BCUT2D eigenvalue weighted by molar-refractivity contribution is 5.91. The molecule has 0 saturated carbocycles. The van der Waals surface area contributed by atoms with E-state index in [1.165, 1.54) is 94.6 Å². The maximum Gasteiger partial charge on any atom is 0.133 e. The minimum absolute atomic E-state index is 0.258. The predicted molar refractivity (Wildman–Crippen MR) is 317 cm³/mol. The Morgan fingerprint density at radius 2 is 0.797 bits per heavy atom. The smallest absolute Gasteiger partial charge is 0.133 e. The molecular weight excluding hydrogens is 959 g/mol. The fourth-order valence-electron chi connectivity index (χ4n) is 15.2. The van der Waals surface area contributed by atoms with Gasteiger partial charge in [0.15, 0.2) is 0 Å². The van der Waals surface area contributed by atoms with Gasteiger partial charge in [0, 0.05) is 28.8 Å². The van der Waals surface area contributed by atoms with Crippen molar-refractivity contribution in [1.82, 2.24) is 15.0 Å². The van der Waals surface area contributed by atoms with Gasteiger partial charge in [-0.15, -0.1) is 0 Å². The van der Waals surface area contributed by atoms with Crippen LogP contribution in [0.4, 0.5) is 0 Å². The van der Waals surface area contributed by atoms with Crippen LogP contribution in [0.3, 0.4) is 0 Å². The Balaban J connectivity index is 0.915. The van der Waals surface area contributed by atoms with Crippen LogP contribution < -0.4 is 0 Å². The quantitative estimate of drug-likeness (QED) is 0.167. The number of hydrogen-bond donors (Lipinski definition) is 0. The Hall–Kier alpha value is -9.51. The molecule has 0 N–H and O–H groups in total. The summed E-state index contributed by atoms with van der Waals surface area (Å²) in [4.78, 5) is 14.8. The van der Waals surface area contributed by atoms with Crippen molar-refractivity contribution in [2.45, 2.75) is 48.9 Å². The van der Waals surface area contributed by atoms with Crippen LogP contribution >= 0.6 is 0 Å². The fraction of sp³-hybridized carbons (Fsp3) is 0.107. The van der Waals surface area contributed by atoms with Gasteiger partial charge in [-0.05, 0) is 173 Å². The predicted octanol–water partition coefficient (Wildman–Crippen LogP) is 17.4. The Kier molecular flexibility index (Phi) is 9.68. The maximum absolute atomic E-state index is 6.02. The number of fused-ring (bicyclic) bond motifs is 18. The van der Waals surface area contributed by atoms with Crippen molar-refractivity contribution in [1.29, 1.82) is 0 Å². The summed E-state index contributed by atoms with van der Waals surface area (Å²) in [7, 11) is 0. The zero-order chi connectivity index (χ0) is 52.7. The van der Waals surface area contributed by atoms with E-state index in [1.807, 2.05) is 54.9 Å². The molecule has 0 saturated heterocycles. The minimum atomic E-state index is -0.592. The molecule has 0 amide bonds. The normalized spacial score (nSPS) is 17.9. The van der Waals surface area contributed by atoms with E-state index < -0.39 is 16.2 Å². The van der Waals surface area contributed by atoms with E-state index in [9.17, 15) is 0 Å². The van der Waals surface area contributed by atoms with E-state index in [0.717, 1.165) is 51.6 Å². The highest BCUT2D eigenvalue weighted by Gasteiger charge is 2.56. The average Bonchev–Trinajstić information content (AvgIpc) is 3.92. The highest BCUT2D eigenvalue weighted by atomic mass is 16.3. The fourth-order valence-corrected chi connectivity index (χ4v) is 15.2. The molecule has 0 fully saturated rings. The topological polar surface area (TPSA) is 51.8 Å². The lowest BCUT2D eigenvalue weighted by Crippen LogP contribution is -2.43. The summed E-state index contributed by atoms with van der Waals surface area (Å²) in [6, 6.07) is 88.4. The zero-order valence-corrected chi connectivity index (χ0v) is 44.2. The molecule has 0 aliphatic heterocycles. The summed E-state index contributed by atoms with van der Waals surface area (Å²) in [6.07, 6.45) is 6.23. The van der Waals surface area contributed by atoms with Crippen molar-refractivity contribution < 1.29 is 4.42 Å². The third-order valence-electron chi connectivity index (χ3n) is 18.5. The van der Waals surface area contributed by atoms with Crippen LogP contribution in [-0.4, -0.2) is 15.0 Å². The van der Waals surface area contributed by atoms with E-state index >= 15 is 0 Å². The number of benzene rings is 8. The summed E-state index contributed by atoms with van der Waals surface area (Å²) >= 11 is 0. The Morgan fingerprint density at radius 3 is 1.41 bits per heavy atom. The molecule has 2 spiro atoms. The minimum Gasteiger partial charge on any atom is -0.464 e. The van der Waals surface area contributed by atoms with Crippen LogP contribution in [-0.2, 0) is 28.1 Å². The molecule has 16 rings (SSSR count). The van der Waals surface area contributed by atoms with Gasteiger partial charge >= 0.3 is 0 Å². The van der Waals surface area contributed by atoms with Crippen molar-refractivity contribution in [3.63, 3.8) is 0 Å². The van der Waals surface area contributed by atoms with E-state index in [0.29, 0.717) is 0 Å². The van der Waals surface area contributed by atoms with E-state index in [4.69, 9.17) is 19.4 Å². The van der Waals surface area contributed by atoms with Gasteiger partial charge in [0.25, 0.3) is 0 Å². The first-order valence-corrected chi connectivity index (χ1v) is 27.6. The third kappa shape index (κ3) is 6.23. The average molecular weight is 1010 g/mol. The van der Waals surface area contributed by atoms with Crippen molar-refractivity contribution in [2.24, 2.45) is 0 Å². The maximum atomic E-state index is 6.02. The number of nitrogens with zero attached hydrogens (tertiary/aromatic N) is 3. The molecule has 2 atom stereocenters. The monoisotopic (exact) mass is 1010 g/mol. The lowest BCUT2D eigenvalue weighted by Gasteiger charge is -2.48. The molecular formula is C75H53N3O. The van der Waals surface area contributed by atoms with Gasteiger partial charge in [-0.3, -0.25) is 9.97 Å². The Morgan fingerprint density at radius 1 is 0.329 bits per heavy atom. The molecule has 2 unspecified atom stereocenters. The van der Waals surface area contributed by atoms with Crippen molar-refractivity contribution >= 4 is 0 Å². The summed E-state index contributed by atoms with van der Waals surface area (Å²) in [5, 5.41) is 0. The lowest BCUT2D eigenvalue weighted by molar-refractivity contribution is 0.514. The molecule has 4 aliphatic carbocycles. The van der Waals surface area contributed by atoms with Crippen LogP contribution in [0.1, 0.15) is 93.1 Å². The molecule has 12 aromatic rings. The third-order valence-corrected chi connectivity index (χ3v) is 18.5. The summed E-state index contributed by atoms with van der Waals surface area (Å²) < 4.78 is 6.02. The Labute approximate surface area is 460 Å². The molecule has 374 valence electrons. The highest BCUT2D eigenvalue weighted by Crippen LogP contribution is 2.65. The second-order valence-corrected chi connectivity index (χ2v) is 22.8. The largest absolute Gasteiger partial charge is 0.464 e. The van der Waals surface area contributed by atoms with Gasteiger partial charge in [0.05, 0.1) is 39.9 Å². The number of aromatic nitrogens is 3. The number of rotatable bonds is 6. The second-order valence-electron chi connectivity index (χ2n) is 22.8. The molecule has 4 heterocycles. The SMILES string of the molecule is CC1(C)c2ccccc2C2(c3ccccc3-c3cc(CC4(C)c5ccccc5C5(c6ccccc6-c6ccccc65)c5cc(-c6cc(-c7ccccn7)nc(-c7ccccn7)c6)ccc54)ccc32)c2ccc(-c3ccco3)cc21. The molecule has 0 radical (unpaired) electrons. The molecule has 4 nitrogen and oxygen atoms in total. The number of furan rings is 1. The van der Waals surface area contributed by atoms with Crippen LogP contribution in [0.15, 0.2) is 260 Å². The molecule has 4 aliphatic rings. The number of hydrogen-bond acceptors (Lipinski definition) is 4. The first kappa shape index (κ1) is 45.7. The molecule has 0 bridgehead atoms. The molecule has 4 heteroatoms. The van der Waals surface area contributed by atoms with Gasteiger partial charge in [-0.1, -0.05) is 197 Å². The van der Waals surface area contributed by atoms with E-state index in [-0.39, 0.29) is 5.41 Å². The van der Waals surface area contributed by atoms with Crippen molar-refractivity contribution in [2.75, 3.05) is 0 Å². The van der Waals surface area contributed by atoms with E-state index in [1.54, 1.807) is 6.26 Å². The van der Waals surface area contributed by atoms with E-state index in [2.05, 4.69) is 215 Å². The van der Waals surface area contributed by atoms with Crippen LogP contribution in [0, 0.1) is 0 Å². The van der Waals surface area contributed by atoms with Crippen LogP contribution in [0.5, 0.6) is 0 Å². The number of pyridine rings is 3. The summed E-state index contributed by atoms with van der Waals surface area (Å²) in [6.45, 7) is 7.28.